The van der Waals surface area contributed by atoms with Crippen LogP contribution in [-0.4, -0.2) is 96.3 Å². The van der Waals surface area contributed by atoms with E-state index in [1.54, 1.807) is 4.90 Å². The summed E-state index contributed by atoms with van der Waals surface area (Å²) in [5, 5.41) is 5.71. The monoisotopic (exact) mass is 481 g/mol. The normalized spacial score (nSPS) is 18.6. The summed E-state index contributed by atoms with van der Waals surface area (Å²) in [5.74, 6) is -0.282. The molecule has 3 heterocycles. The summed E-state index contributed by atoms with van der Waals surface area (Å²) in [6, 6.07) is -0.727. The number of ether oxygens (including phenoxy) is 1. The maximum Gasteiger partial charge on any atom is 0.422 e. The van der Waals surface area contributed by atoms with Crippen molar-refractivity contribution < 1.29 is 31.1 Å². The lowest BCUT2D eigenvalue weighted by Gasteiger charge is -2.30. The fourth-order valence-corrected chi connectivity index (χ4v) is 4.33. The van der Waals surface area contributed by atoms with E-state index in [0.29, 0.717) is 39.0 Å². The lowest BCUT2D eigenvalue weighted by Crippen LogP contribution is -2.42. The number of hydrogen-bond acceptors (Lipinski definition) is 9. The van der Waals surface area contributed by atoms with E-state index in [9.17, 15) is 26.4 Å². The molecule has 1 aromatic heterocycles. The first-order chi connectivity index (χ1) is 15.0. The van der Waals surface area contributed by atoms with Crippen molar-refractivity contribution in [3.63, 3.8) is 0 Å². The number of carbonyl (C=O) groups is 1. The molecule has 2 fully saturated rings. The number of sulfonamides is 1. The standard InChI is InChI=1S/C17H26F3N7O4S/c1-32(29,30)27-8-4-12(5-9-27)22-15-23-14(21-10-13(28)26-6-2-3-7-26)24-16(25-15)31-11-17(18,19)20/h12H,2-11H2,1H3,(H2,21,22,23,24,25). The molecule has 11 nitrogen and oxygen atoms in total. The quantitative estimate of drug-likeness (QED) is 0.551. The number of amides is 1. The Hall–Kier alpha value is -2.42. The smallest absolute Gasteiger partial charge is 0.422 e. The number of rotatable bonds is 8. The van der Waals surface area contributed by atoms with Crippen LogP contribution in [-0.2, 0) is 14.8 Å². The number of halogens is 3. The highest BCUT2D eigenvalue weighted by Crippen LogP contribution is 2.20. The molecule has 1 aromatic rings. The van der Waals surface area contributed by atoms with Gasteiger partial charge in [0.25, 0.3) is 0 Å². The van der Waals surface area contributed by atoms with Crippen LogP contribution in [0.1, 0.15) is 25.7 Å². The van der Waals surface area contributed by atoms with Crippen LogP contribution in [0.15, 0.2) is 0 Å². The van der Waals surface area contributed by atoms with Gasteiger partial charge in [0.15, 0.2) is 6.61 Å². The van der Waals surface area contributed by atoms with E-state index in [-0.39, 0.29) is 30.4 Å². The first-order valence-corrected chi connectivity index (χ1v) is 12.0. The van der Waals surface area contributed by atoms with Crippen LogP contribution < -0.4 is 15.4 Å². The summed E-state index contributed by atoms with van der Waals surface area (Å²) in [6.07, 6.45) is -0.643. The fraction of sp³-hybridized carbons (Fsp3) is 0.765. The number of nitrogens with one attached hydrogen (secondary N) is 2. The summed E-state index contributed by atoms with van der Waals surface area (Å²) >= 11 is 0. The van der Waals surface area contributed by atoms with Gasteiger partial charge >= 0.3 is 12.2 Å². The third kappa shape index (κ3) is 7.32. The molecule has 0 saturated carbocycles. The Morgan fingerprint density at radius 3 is 2.31 bits per heavy atom. The molecule has 1 amide bonds. The maximum atomic E-state index is 12.5. The average Bonchev–Trinajstić information content (AvgIpc) is 3.25. The van der Waals surface area contributed by atoms with E-state index in [2.05, 4.69) is 30.3 Å². The second kappa shape index (κ2) is 10.0. The second-order valence-electron chi connectivity index (χ2n) is 7.69. The van der Waals surface area contributed by atoms with Crippen molar-refractivity contribution in [3.8, 4) is 6.01 Å². The minimum Gasteiger partial charge on any atom is -0.454 e. The van der Waals surface area contributed by atoms with E-state index >= 15 is 0 Å². The third-order valence-electron chi connectivity index (χ3n) is 5.09. The molecule has 0 spiro atoms. The van der Waals surface area contributed by atoms with Gasteiger partial charge in [-0.3, -0.25) is 4.79 Å². The van der Waals surface area contributed by atoms with Gasteiger partial charge in [0.05, 0.1) is 12.8 Å². The van der Waals surface area contributed by atoms with Gasteiger partial charge in [0, 0.05) is 32.2 Å². The van der Waals surface area contributed by atoms with Crippen LogP contribution in [0.4, 0.5) is 25.1 Å². The van der Waals surface area contributed by atoms with Crippen LogP contribution in [0.5, 0.6) is 6.01 Å². The Balaban J connectivity index is 1.66. The van der Waals surface area contributed by atoms with Crippen molar-refractivity contribution >= 4 is 27.8 Å². The highest BCUT2D eigenvalue weighted by Gasteiger charge is 2.30. The number of piperidine rings is 1. The number of nitrogens with zero attached hydrogens (tertiary/aromatic N) is 5. The van der Waals surface area contributed by atoms with Crippen LogP contribution in [0.25, 0.3) is 0 Å². The predicted octanol–water partition coefficient (Wildman–Crippen LogP) is 0.683. The number of alkyl halides is 3. The van der Waals surface area contributed by atoms with Crippen molar-refractivity contribution in [2.45, 2.75) is 37.9 Å². The molecule has 2 saturated heterocycles. The molecule has 0 unspecified atom stereocenters. The highest BCUT2D eigenvalue weighted by atomic mass is 32.2. The first kappa shape index (κ1) is 24.2. The molecule has 15 heteroatoms. The molecular weight excluding hydrogens is 455 g/mol. The molecule has 3 rings (SSSR count). The highest BCUT2D eigenvalue weighted by molar-refractivity contribution is 7.88. The van der Waals surface area contributed by atoms with Gasteiger partial charge in [-0.2, -0.15) is 28.1 Å². The zero-order valence-corrected chi connectivity index (χ0v) is 18.4. The lowest BCUT2D eigenvalue weighted by molar-refractivity contribution is -0.154. The van der Waals surface area contributed by atoms with Crippen molar-refractivity contribution in [1.29, 1.82) is 0 Å². The fourth-order valence-electron chi connectivity index (χ4n) is 3.46. The van der Waals surface area contributed by atoms with E-state index in [1.165, 1.54) is 4.31 Å². The van der Waals surface area contributed by atoms with Gasteiger partial charge in [0.1, 0.15) is 0 Å². The molecule has 2 N–H and O–H groups in total. The number of carbonyl (C=O) groups excluding carboxylic acids is 1. The predicted molar refractivity (Wildman–Crippen MR) is 109 cm³/mol. The first-order valence-electron chi connectivity index (χ1n) is 10.2. The molecule has 0 atom stereocenters. The van der Waals surface area contributed by atoms with Gasteiger partial charge in [0.2, 0.25) is 27.8 Å². The largest absolute Gasteiger partial charge is 0.454 e. The summed E-state index contributed by atoms with van der Waals surface area (Å²) in [4.78, 5) is 25.7. The van der Waals surface area contributed by atoms with Gasteiger partial charge < -0.3 is 20.3 Å². The zero-order valence-electron chi connectivity index (χ0n) is 17.6. The molecule has 32 heavy (non-hydrogen) atoms. The van der Waals surface area contributed by atoms with E-state index < -0.39 is 28.8 Å². The third-order valence-corrected chi connectivity index (χ3v) is 6.40. The Bertz CT molecular complexity index is 902. The average molecular weight is 482 g/mol. The Labute approximate surface area is 183 Å². The Morgan fingerprint density at radius 1 is 1.09 bits per heavy atom. The van der Waals surface area contributed by atoms with Gasteiger partial charge in [-0.05, 0) is 25.7 Å². The zero-order chi connectivity index (χ0) is 23.4. The number of hydrogen-bond donors (Lipinski definition) is 2. The topological polar surface area (TPSA) is 130 Å². The molecule has 2 aliphatic heterocycles. The van der Waals surface area contributed by atoms with Crippen molar-refractivity contribution in [2.24, 2.45) is 0 Å². The van der Waals surface area contributed by atoms with E-state index in [4.69, 9.17) is 0 Å². The lowest BCUT2D eigenvalue weighted by atomic mass is 10.1. The summed E-state index contributed by atoms with van der Waals surface area (Å²) in [5.41, 5.74) is 0. The molecule has 0 radical (unpaired) electrons. The summed E-state index contributed by atoms with van der Waals surface area (Å²) < 4.78 is 66.9. The van der Waals surface area contributed by atoms with Crippen molar-refractivity contribution in [2.75, 3.05) is 56.2 Å². The number of anilines is 2. The summed E-state index contributed by atoms with van der Waals surface area (Å²) in [7, 11) is -3.29. The summed E-state index contributed by atoms with van der Waals surface area (Å²) in [6.45, 7) is 0.237. The minimum atomic E-state index is -4.57. The molecule has 2 aliphatic rings. The van der Waals surface area contributed by atoms with E-state index in [0.717, 1.165) is 19.1 Å². The van der Waals surface area contributed by atoms with Crippen molar-refractivity contribution in [1.82, 2.24) is 24.2 Å². The van der Waals surface area contributed by atoms with Crippen LogP contribution >= 0.6 is 0 Å². The molecular formula is C17H26F3N7O4S. The van der Waals surface area contributed by atoms with Crippen LogP contribution in [0.3, 0.4) is 0 Å². The SMILES string of the molecule is CS(=O)(=O)N1CCC(Nc2nc(NCC(=O)N3CCCC3)nc(OCC(F)(F)F)n2)CC1. The van der Waals surface area contributed by atoms with Gasteiger partial charge in [-0.15, -0.1) is 0 Å². The minimum absolute atomic E-state index is 0.0221. The van der Waals surface area contributed by atoms with Crippen molar-refractivity contribution in [3.05, 3.63) is 0 Å². The number of aromatic nitrogens is 3. The van der Waals surface area contributed by atoms with Crippen LogP contribution in [0, 0.1) is 0 Å². The van der Waals surface area contributed by atoms with Crippen LogP contribution in [0.2, 0.25) is 0 Å². The maximum absolute atomic E-state index is 12.5. The van der Waals surface area contributed by atoms with Gasteiger partial charge in [-0.25, -0.2) is 12.7 Å². The number of likely N-dealkylation sites (tertiary alicyclic amines) is 1. The molecule has 0 aromatic carbocycles. The van der Waals surface area contributed by atoms with Gasteiger partial charge in [-0.1, -0.05) is 0 Å². The second-order valence-corrected chi connectivity index (χ2v) is 9.67. The molecule has 0 aliphatic carbocycles. The molecule has 180 valence electrons. The Morgan fingerprint density at radius 2 is 1.72 bits per heavy atom. The van der Waals surface area contributed by atoms with E-state index in [1.807, 2.05) is 0 Å². The molecule has 0 bridgehead atoms. The Kier molecular flexibility index (Phi) is 7.59.